The number of hydrogen-bond donors (Lipinski definition) is 1. The molecule has 1 aliphatic rings. The van der Waals surface area contributed by atoms with Crippen molar-refractivity contribution in [2.45, 2.75) is 26.2 Å². The van der Waals surface area contributed by atoms with Gasteiger partial charge in [-0.3, -0.25) is 9.48 Å². The molecule has 0 saturated carbocycles. The van der Waals surface area contributed by atoms with Crippen LogP contribution in [0.25, 0.3) is 33.4 Å². The molecule has 1 aliphatic heterocycles. The first-order valence-corrected chi connectivity index (χ1v) is 10.4. The molecule has 168 valence electrons. The first kappa shape index (κ1) is 21.0. The predicted octanol–water partition coefficient (Wildman–Crippen LogP) is 4.95. The molecule has 1 N–H and O–H groups in total. The summed E-state index contributed by atoms with van der Waals surface area (Å²) in [4.78, 5) is 21.6. The Morgan fingerprint density at radius 3 is 2.64 bits per heavy atom. The van der Waals surface area contributed by atoms with Crippen LogP contribution in [-0.2, 0) is 24.1 Å². The van der Waals surface area contributed by atoms with Gasteiger partial charge in [0.05, 0.1) is 24.3 Å². The van der Waals surface area contributed by atoms with Gasteiger partial charge in [0, 0.05) is 34.9 Å². The molecule has 0 bridgehead atoms. The molecule has 4 heterocycles. The first-order chi connectivity index (χ1) is 15.8. The molecule has 0 aliphatic carbocycles. The summed E-state index contributed by atoms with van der Waals surface area (Å²) >= 11 is 0. The average molecular weight is 451 g/mol. The quantitative estimate of drug-likeness (QED) is 0.449. The third-order valence-electron chi connectivity index (χ3n) is 5.89. The number of aromatic amines is 1. The van der Waals surface area contributed by atoms with Crippen molar-refractivity contribution in [1.82, 2.24) is 24.6 Å². The van der Waals surface area contributed by atoms with E-state index >= 15 is 0 Å². The lowest BCUT2D eigenvalue weighted by molar-refractivity contribution is -0.137. The standard InChI is InChI=1S/C24H20F3N5O/c1-3-20(33)31-10-11-32-19(13-31)21(17-8-9-28-23-18(17)12-14(2)29-23)22(30-32)15-4-6-16(7-5-15)24(25,26)27/h3-9,12H,1,10-11,13H2,2H3,(H,28,29). The fourth-order valence-electron chi connectivity index (χ4n) is 4.31. The number of alkyl halides is 3. The number of halogens is 3. The van der Waals surface area contributed by atoms with Gasteiger partial charge < -0.3 is 9.88 Å². The lowest BCUT2D eigenvalue weighted by Gasteiger charge is -2.27. The van der Waals surface area contributed by atoms with Crippen LogP contribution in [0, 0.1) is 6.92 Å². The monoisotopic (exact) mass is 451 g/mol. The highest BCUT2D eigenvalue weighted by Crippen LogP contribution is 2.40. The van der Waals surface area contributed by atoms with Crippen LogP contribution in [0.4, 0.5) is 13.2 Å². The predicted molar refractivity (Wildman–Crippen MR) is 118 cm³/mol. The number of amides is 1. The van der Waals surface area contributed by atoms with Gasteiger partial charge in [-0.25, -0.2) is 4.98 Å². The zero-order valence-corrected chi connectivity index (χ0v) is 17.8. The van der Waals surface area contributed by atoms with Crippen molar-refractivity contribution in [1.29, 1.82) is 0 Å². The van der Waals surface area contributed by atoms with Gasteiger partial charge in [-0.05, 0) is 42.8 Å². The number of H-pyrrole nitrogens is 1. The van der Waals surface area contributed by atoms with Crippen LogP contribution in [0.15, 0.2) is 55.3 Å². The number of rotatable bonds is 3. The Hall–Kier alpha value is -3.88. The molecule has 9 heteroatoms. The number of carbonyl (C=O) groups is 1. The number of aryl methyl sites for hydroxylation is 1. The first-order valence-electron chi connectivity index (χ1n) is 10.4. The number of nitrogens with one attached hydrogen (secondary N) is 1. The molecule has 3 aromatic heterocycles. The number of pyridine rings is 1. The fourth-order valence-corrected chi connectivity index (χ4v) is 4.31. The second-order valence-electron chi connectivity index (χ2n) is 8.01. The average Bonchev–Trinajstić information content (AvgIpc) is 3.37. The maximum absolute atomic E-state index is 13.1. The zero-order valence-electron chi connectivity index (χ0n) is 17.8. The Bertz CT molecular complexity index is 1380. The Labute approximate surface area is 187 Å². The molecule has 5 rings (SSSR count). The summed E-state index contributed by atoms with van der Waals surface area (Å²) in [6.45, 7) is 6.78. The largest absolute Gasteiger partial charge is 0.416 e. The molecule has 6 nitrogen and oxygen atoms in total. The zero-order chi connectivity index (χ0) is 23.3. The molecule has 0 spiro atoms. The Morgan fingerprint density at radius 1 is 1.18 bits per heavy atom. The van der Waals surface area contributed by atoms with Gasteiger partial charge in [-0.15, -0.1) is 0 Å². The van der Waals surface area contributed by atoms with Crippen molar-refractivity contribution in [3.63, 3.8) is 0 Å². The lowest BCUT2D eigenvalue weighted by Crippen LogP contribution is -2.37. The third kappa shape index (κ3) is 3.59. The molecule has 0 saturated heterocycles. The second kappa shape index (κ2) is 7.61. The van der Waals surface area contributed by atoms with Crippen molar-refractivity contribution in [2.75, 3.05) is 6.54 Å². The van der Waals surface area contributed by atoms with Crippen molar-refractivity contribution >= 4 is 16.9 Å². The van der Waals surface area contributed by atoms with Crippen molar-refractivity contribution in [3.05, 3.63) is 72.2 Å². The highest BCUT2D eigenvalue weighted by atomic mass is 19.4. The Morgan fingerprint density at radius 2 is 1.94 bits per heavy atom. The lowest BCUT2D eigenvalue weighted by atomic mass is 9.96. The van der Waals surface area contributed by atoms with E-state index in [1.54, 1.807) is 11.1 Å². The van der Waals surface area contributed by atoms with E-state index in [0.29, 0.717) is 36.5 Å². The smallest absolute Gasteiger partial charge is 0.344 e. The van der Waals surface area contributed by atoms with E-state index in [4.69, 9.17) is 5.10 Å². The highest BCUT2D eigenvalue weighted by Gasteiger charge is 2.31. The molecule has 0 unspecified atom stereocenters. The summed E-state index contributed by atoms with van der Waals surface area (Å²) in [6.07, 6.45) is -1.45. The number of benzene rings is 1. The van der Waals surface area contributed by atoms with Crippen molar-refractivity contribution in [3.8, 4) is 22.4 Å². The van der Waals surface area contributed by atoms with Gasteiger partial charge >= 0.3 is 6.18 Å². The molecule has 4 aromatic rings. The molecular formula is C24H20F3N5O. The Balaban J connectivity index is 1.73. The maximum atomic E-state index is 13.1. The molecule has 33 heavy (non-hydrogen) atoms. The topological polar surface area (TPSA) is 66.8 Å². The van der Waals surface area contributed by atoms with Gasteiger partial charge in [0.1, 0.15) is 11.3 Å². The summed E-state index contributed by atoms with van der Waals surface area (Å²) < 4.78 is 41.2. The number of nitrogens with zero attached hydrogens (tertiary/aromatic N) is 4. The minimum absolute atomic E-state index is 0.179. The summed E-state index contributed by atoms with van der Waals surface area (Å²) in [5.41, 5.74) is 4.52. The molecule has 0 atom stereocenters. The maximum Gasteiger partial charge on any atom is 0.416 e. The van der Waals surface area contributed by atoms with Crippen LogP contribution in [-0.4, -0.2) is 37.1 Å². The highest BCUT2D eigenvalue weighted by molar-refractivity contribution is 5.98. The van der Waals surface area contributed by atoms with Gasteiger partial charge in [-0.1, -0.05) is 18.7 Å². The number of carbonyl (C=O) groups excluding carboxylic acids is 1. The molecule has 1 amide bonds. The van der Waals surface area contributed by atoms with E-state index in [1.165, 1.54) is 18.2 Å². The minimum Gasteiger partial charge on any atom is -0.344 e. The van der Waals surface area contributed by atoms with Crippen molar-refractivity contribution < 1.29 is 18.0 Å². The van der Waals surface area contributed by atoms with Gasteiger partial charge in [0.25, 0.3) is 0 Å². The van der Waals surface area contributed by atoms with Crippen LogP contribution in [0.1, 0.15) is 17.0 Å². The van der Waals surface area contributed by atoms with E-state index in [0.717, 1.165) is 40.0 Å². The summed E-state index contributed by atoms with van der Waals surface area (Å²) in [6, 6.07) is 8.85. The van der Waals surface area contributed by atoms with Gasteiger partial charge in [-0.2, -0.15) is 18.3 Å². The van der Waals surface area contributed by atoms with E-state index in [9.17, 15) is 18.0 Å². The van der Waals surface area contributed by atoms with Crippen LogP contribution in [0.3, 0.4) is 0 Å². The van der Waals surface area contributed by atoms with Gasteiger partial charge in [0.2, 0.25) is 5.91 Å². The van der Waals surface area contributed by atoms with Crippen molar-refractivity contribution in [2.24, 2.45) is 0 Å². The van der Waals surface area contributed by atoms with Crippen LogP contribution < -0.4 is 0 Å². The summed E-state index contributed by atoms with van der Waals surface area (Å²) in [7, 11) is 0. The second-order valence-corrected chi connectivity index (χ2v) is 8.01. The van der Waals surface area contributed by atoms with E-state index in [1.807, 2.05) is 23.7 Å². The summed E-state index contributed by atoms with van der Waals surface area (Å²) in [5.74, 6) is -0.179. The van der Waals surface area contributed by atoms with Crippen LogP contribution >= 0.6 is 0 Å². The molecule has 0 fully saturated rings. The summed E-state index contributed by atoms with van der Waals surface area (Å²) in [5, 5.41) is 5.64. The number of aromatic nitrogens is 4. The minimum atomic E-state index is -4.42. The SMILES string of the molecule is C=CC(=O)N1CCn2nc(-c3ccc(C(F)(F)F)cc3)c(-c3ccnc4[nH]c(C)cc34)c2C1. The molecule has 0 radical (unpaired) electrons. The fraction of sp³-hybridized carbons (Fsp3) is 0.208. The normalized spacial score (nSPS) is 13.9. The Kier molecular flexibility index (Phi) is 4.84. The van der Waals surface area contributed by atoms with E-state index in [2.05, 4.69) is 16.5 Å². The third-order valence-corrected chi connectivity index (χ3v) is 5.89. The number of fused-ring (bicyclic) bond motifs is 2. The van der Waals surface area contributed by atoms with E-state index < -0.39 is 11.7 Å². The molecular weight excluding hydrogens is 431 g/mol. The van der Waals surface area contributed by atoms with Crippen LogP contribution in [0.2, 0.25) is 0 Å². The van der Waals surface area contributed by atoms with E-state index in [-0.39, 0.29) is 5.91 Å². The van der Waals surface area contributed by atoms with Crippen LogP contribution in [0.5, 0.6) is 0 Å². The number of hydrogen-bond acceptors (Lipinski definition) is 3. The van der Waals surface area contributed by atoms with Gasteiger partial charge in [0.15, 0.2) is 0 Å². The molecule has 1 aromatic carbocycles.